The first-order chi connectivity index (χ1) is 12.1. The van der Waals surface area contributed by atoms with Gasteiger partial charge in [-0.2, -0.15) is 0 Å². The summed E-state index contributed by atoms with van der Waals surface area (Å²) in [4.78, 5) is 21.1. The Labute approximate surface area is 147 Å². The standard InChI is InChI=1S/C20H25N3O2/c1-12-15-10-14(25-3)5-6-16(15)21-18(12)17-9-13-11-22(2)19(24)20(13)7-4-8-23(17)20/h5-6,10,13,17,21H,4,7-9,11H2,1-3H3/t13-,17-,20-/m0/s1. The van der Waals surface area contributed by atoms with Gasteiger partial charge in [-0.25, -0.2) is 0 Å². The third-order valence-corrected chi connectivity index (χ3v) is 6.88. The fraction of sp³-hybridized carbons (Fsp3) is 0.550. The van der Waals surface area contributed by atoms with Gasteiger partial charge in [0.25, 0.3) is 0 Å². The second kappa shape index (κ2) is 5.01. The zero-order chi connectivity index (χ0) is 17.3. The predicted molar refractivity (Wildman–Crippen MR) is 96.7 cm³/mol. The van der Waals surface area contributed by atoms with Crippen molar-refractivity contribution in [1.29, 1.82) is 0 Å². The normalized spacial score (nSPS) is 31.8. The number of carbonyl (C=O) groups is 1. The molecule has 132 valence electrons. The third-order valence-electron chi connectivity index (χ3n) is 6.88. The van der Waals surface area contributed by atoms with Gasteiger partial charge in [-0.05, 0) is 56.5 Å². The Balaban J connectivity index is 1.60. The molecular weight excluding hydrogens is 314 g/mol. The van der Waals surface area contributed by atoms with Gasteiger partial charge in [-0.15, -0.1) is 0 Å². The van der Waals surface area contributed by atoms with E-state index < -0.39 is 0 Å². The minimum atomic E-state index is -0.235. The molecule has 1 aromatic carbocycles. The number of nitrogens with zero attached hydrogens (tertiary/aromatic N) is 2. The molecule has 0 unspecified atom stereocenters. The zero-order valence-corrected chi connectivity index (χ0v) is 15.1. The third kappa shape index (κ3) is 1.79. The summed E-state index contributed by atoms with van der Waals surface area (Å²) >= 11 is 0. The number of aryl methyl sites for hydroxylation is 1. The van der Waals surface area contributed by atoms with Crippen LogP contribution in [0.1, 0.15) is 36.6 Å². The van der Waals surface area contributed by atoms with E-state index in [1.165, 1.54) is 16.6 Å². The summed E-state index contributed by atoms with van der Waals surface area (Å²) in [7, 11) is 3.67. The molecule has 3 aliphatic rings. The van der Waals surface area contributed by atoms with E-state index in [0.717, 1.165) is 43.6 Å². The molecule has 3 aliphatic heterocycles. The molecule has 3 fully saturated rings. The number of carbonyl (C=O) groups excluding carboxylic acids is 1. The highest BCUT2D eigenvalue weighted by molar-refractivity contribution is 5.90. The van der Waals surface area contributed by atoms with Crippen LogP contribution in [0.3, 0.4) is 0 Å². The van der Waals surface area contributed by atoms with Crippen molar-refractivity contribution in [1.82, 2.24) is 14.8 Å². The number of aromatic amines is 1. The summed E-state index contributed by atoms with van der Waals surface area (Å²) in [5, 5.41) is 1.23. The van der Waals surface area contributed by atoms with E-state index in [2.05, 4.69) is 28.9 Å². The van der Waals surface area contributed by atoms with E-state index in [1.807, 2.05) is 18.0 Å². The Morgan fingerprint density at radius 3 is 3.00 bits per heavy atom. The molecule has 1 aromatic heterocycles. The maximum atomic E-state index is 13.0. The highest BCUT2D eigenvalue weighted by Gasteiger charge is 2.64. The highest BCUT2D eigenvalue weighted by Crippen LogP contribution is 2.56. The van der Waals surface area contributed by atoms with E-state index in [9.17, 15) is 4.79 Å². The lowest BCUT2D eigenvalue weighted by molar-refractivity contribution is -0.135. The van der Waals surface area contributed by atoms with Gasteiger partial charge >= 0.3 is 0 Å². The predicted octanol–water partition coefficient (Wildman–Crippen LogP) is 2.85. The number of ether oxygens (including phenoxy) is 1. The molecule has 1 amide bonds. The largest absolute Gasteiger partial charge is 0.497 e. The van der Waals surface area contributed by atoms with Crippen LogP contribution in [-0.2, 0) is 4.79 Å². The average Bonchev–Trinajstić information content (AvgIpc) is 3.31. The van der Waals surface area contributed by atoms with Crippen molar-refractivity contribution < 1.29 is 9.53 Å². The maximum Gasteiger partial charge on any atom is 0.243 e. The lowest BCUT2D eigenvalue weighted by atomic mass is 9.85. The lowest BCUT2D eigenvalue weighted by Crippen LogP contribution is -2.49. The molecule has 0 saturated carbocycles. The van der Waals surface area contributed by atoms with E-state index in [1.54, 1.807) is 7.11 Å². The van der Waals surface area contributed by atoms with Crippen LogP contribution in [0.15, 0.2) is 18.2 Å². The number of likely N-dealkylation sites (N-methyl/N-ethyl adjacent to an activating group) is 1. The highest BCUT2D eigenvalue weighted by atomic mass is 16.5. The van der Waals surface area contributed by atoms with Gasteiger partial charge in [0, 0.05) is 36.1 Å². The van der Waals surface area contributed by atoms with Crippen molar-refractivity contribution in [3.05, 3.63) is 29.5 Å². The molecule has 5 heteroatoms. The van der Waals surface area contributed by atoms with Crippen LogP contribution in [0.5, 0.6) is 5.75 Å². The van der Waals surface area contributed by atoms with Crippen molar-refractivity contribution in [2.24, 2.45) is 5.92 Å². The number of H-pyrrole nitrogens is 1. The molecule has 1 N–H and O–H groups in total. The second-order valence-electron chi connectivity index (χ2n) is 7.93. The number of rotatable bonds is 2. The van der Waals surface area contributed by atoms with Gasteiger partial charge in [-0.1, -0.05) is 0 Å². The summed E-state index contributed by atoms with van der Waals surface area (Å²) in [6, 6.07) is 6.53. The van der Waals surface area contributed by atoms with Gasteiger partial charge in [-0.3, -0.25) is 9.69 Å². The number of likely N-dealkylation sites (tertiary alicyclic amines) is 1. The van der Waals surface area contributed by atoms with Gasteiger partial charge in [0.15, 0.2) is 0 Å². The number of hydrogen-bond donors (Lipinski definition) is 1. The summed E-state index contributed by atoms with van der Waals surface area (Å²) < 4.78 is 5.39. The molecule has 4 heterocycles. The van der Waals surface area contributed by atoms with Crippen molar-refractivity contribution in [2.75, 3.05) is 27.2 Å². The fourth-order valence-corrected chi connectivity index (χ4v) is 5.76. The topological polar surface area (TPSA) is 48.6 Å². The van der Waals surface area contributed by atoms with Crippen LogP contribution in [-0.4, -0.2) is 53.5 Å². The molecular formula is C20H25N3O2. The first-order valence-electron chi connectivity index (χ1n) is 9.25. The summed E-state index contributed by atoms with van der Waals surface area (Å²) in [6.07, 6.45) is 3.21. The zero-order valence-electron chi connectivity index (χ0n) is 15.1. The van der Waals surface area contributed by atoms with Crippen molar-refractivity contribution >= 4 is 16.8 Å². The molecule has 5 nitrogen and oxygen atoms in total. The Kier molecular flexibility index (Phi) is 3.06. The number of nitrogens with one attached hydrogen (secondary N) is 1. The van der Waals surface area contributed by atoms with Gasteiger partial charge in [0.2, 0.25) is 5.91 Å². The molecule has 5 rings (SSSR count). The number of fused-ring (bicyclic) bond motifs is 1. The minimum absolute atomic E-state index is 0.235. The molecule has 0 radical (unpaired) electrons. The molecule has 0 bridgehead atoms. The van der Waals surface area contributed by atoms with Crippen LogP contribution in [0, 0.1) is 12.8 Å². The molecule has 1 spiro atoms. The molecule has 3 saturated heterocycles. The number of amides is 1. The quantitative estimate of drug-likeness (QED) is 0.915. The van der Waals surface area contributed by atoms with Gasteiger partial charge in [0.05, 0.1) is 13.2 Å². The average molecular weight is 339 g/mol. The van der Waals surface area contributed by atoms with Crippen LogP contribution < -0.4 is 4.74 Å². The van der Waals surface area contributed by atoms with Gasteiger partial charge < -0.3 is 14.6 Å². The minimum Gasteiger partial charge on any atom is -0.497 e. The number of benzene rings is 1. The first-order valence-corrected chi connectivity index (χ1v) is 9.25. The summed E-state index contributed by atoms with van der Waals surface area (Å²) in [6.45, 7) is 4.12. The molecule has 0 aliphatic carbocycles. The van der Waals surface area contributed by atoms with Crippen LogP contribution in [0.4, 0.5) is 0 Å². The Bertz CT molecular complexity index is 873. The lowest BCUT2D eigenvalue weighted by Gasteiger charge is -2.33. The van der Waals surface area contributed by atoms with Crippen molar-refractivity contribution in [3.63, 3.8) is 0 Å². The Morgan fingerprint density at radius 2 is 2.20 bits per heavy atom. The maximum absolute atomic E-state index is 13.0. The van der Waals surface area contributed by atoms with Crippen molar-refractivity contribution in [3.8, 4) is 5.75 Å². The Morgan fingerprint density at radius 1 is 1.36 bits per heavy atom. The van der Waals surface area contributed by atoms with Crippen LogP contribution in [0.25, 0.3) is 10.9 Å². The number of hydrogen-bond acceptors (Lipinski definition) is 3. The van der Waals surface area contributed by atoms with Crippen molar-refractivity contribution in [2.45, 2.75) is 37.8 Å². The van der Waals surface area contributed by atoms with Crippen LogP contribution >= 0.6 is 0 Å². The van der Waals surface area contributed by atoms with Crippen LogP contribution in [0.2, 0.25) is 0 Å². The second-order valence-corrected chi connectivity index (χ2v) is 7.93. The molecule has 3 atom stereocenters. The fourth-order valence-electron chi connectivity index (χ4n) is 5.76. The van der Waals surface area contributed by atoms with Gasteiger partial charge in [0.1, 0.15) is 11.3 Å². The summed E-state index contributed by atoms with van der Waals surface area (Å²) in [5.41, 5.74) is 3.50. The smallest absolute Gasteiger partial charge is 0.243 e. The Hall–Kier alpha value is -2.01. The van der Waals surface area contributed by atoms with E-state index in [0.29, 0.717) is 17.9 Å². The van der Waals surface area contributed by atoms with E-state index in [4.69, 9.17) is 4.74 Å². The summed E-state index contributed by atoms with van der Waals surface area (Å²) in [5.74, 6) is 1.68. The van der Waals surface area contributed by atoms with E-state index >= 15 is 0 Å². The number of methoxy groups -OCH3 is 1. The van der Waals surface area contributed by atoms with E-state index in [-0.39, 0.29) is 5.54 Å². The number of aromatic nitrogens is 1. The molecule has 25 heavy (non-hydrogen) atoms. The SMILES string of the molecule is COc1ccc2[nH]c([C@@H]3C[C@H]4CN(C)C(=O)[C@]45CCCN35)c(C)c2c1. The molecule has 2 aromatic rings. The monoisotopic (exact) mass is 339 g/mol. The first kappa shape index (κ1) is 15.3.